The molecule has 2 aromatic heterocycles. The van der Waals surface area contributed by atoms with Gasteiger partial charge in [-0.15, -0.1) is 10.2 Å². The number of para-hydroxylation sites is 1. The average Bonchev–Trinajstić information content (AvgIpc) is 3.61. The Morgan fingerprint density at radius 2 is 1.59 bits per heavy atom. The second-order valence-corrected chi connectivity index (χ2v) is 11.0. The molecule has 0 atom stereocenters. The molecule has 0 saturated carbocycles. The lowest BCUT2D eigenvalue weighted by Crippen LogP contribution is -2.49. The van der Waals surface area contributed by atoms with Gasteiger partial charge in [0, 0.05) is 30.4 Å². The summed E-state index contributed by atoms with van der Waals surface area (Å²) in [7, 11) is 1.65. The quantitative estimate of drug-likeness (QED) is 0.188. The highest BCUT2D eigenvalue weighted by Gasteiger charge is 2.22. The Labute approximate surface area is 257 Å². The van der Waals surface area contributed by atoms with Crippen molar-refractivity contribution in [3.05, 3.63) is 113 Å². The molecule has 4 N–H and O–H groups in total. The molecule has 0 unspecified atom stereocenters. The number of ether oxygens (including phenoxy) is 2. The van der Waals surface area contributed by atoms with Crippen molar-refractivity contribution >= 4 is 22.8 Å². The predicted molar refractivity (Wildman–Crippen MR) is 170 cm³/mol. The van der Waals surface area contributed by atoms with Crippen molar-refractivity contribution in [1.29, 1.82) is 0 Å². The number of aromatic nitrogens is 4. The van der Waals surface area contributed by atoms with E-state index in [9.17, 15) is 9.59 Å². The van der Waals surface area contributed by atoms with E-state index in [1.807, 2.05) is 66.7 Å². The van der Waals surface area contributed by atoms with Gasteiger partial charge in [0.15, 0.2) is 5.82 Å². The molecule has 0 spiro atoms. The Morgan fingerprint density at radius 3 is 2.27 bits per heavy atom. The molecule has 0 aliphatic rings. The molecule has 230 valence electrons. The maximum atomic E-state index is 12.3. The van der Waals surface area contributed by atoms with Crippen molar-refractivity contribution in [2.75, 3.05) is 7.11 Å². The maximum absolute atomic E-state index is 12.3. The Balaban J connectivity index is 0.000000339. The molecule has 2 heterocycles. The number of hydrogen-bond donors (Lipinski definition) is 3. The van der Waals surface area contributed by atoms with Gasteiger partial charge in [0.2, 0.25) is 5.91 Å². The highest BCUT2D eigenvalue weighted by molar-refractivity contribution is 5.85. The van der Waals surface area contributed by atoms with Gasteiger partial charge >= 0.3 is 5.97 Å². The largest absolute Gasteiger partial charge is 0.497 e. The normalized spacial score (nSPS) is 11.0. The number of fused-ring (bicyclic) bond motifs is 1. The van der Waals surface area contributed by atoms with E-state index in [1.165, 1.54) is 17.9 Å². The number of rotatable bonds is 11. The van der Waals surface area contributed by atoms with Gasteiger partial charge in [0.05, 0.1) is 25.7 Å². The van der Waals surface area contributed by atoms with Crippen molar-refractivity contribution in [3.63, 3.8) is 0 Å². The Kier molecular flexibility index (Phi) is 10.9. The first-order valence-electron chi connectivity index (χ1n) is 14.5. The lowest BCUT2D eigenvalue weighted by Gasteiger charge is -2.18. The van der Waals surface area contributed by atoms with E-state index in [2.05, 4.69) is 43.4 Å². The smallest absolute Gasteiger partial charge is 0.302 e. The number of nitrogens with two attached hydrogens (primary N) is 1. The molecule has 0 aliphatic heterocycles. The Hall–Kier alpha value is -4.96. The van der Waals surface area contributed by atoms with E-state index in [0.717, 1.165) is 41.1 Å². The minimum atomic E-state index is -0.959. The monoisotopic (exact) mass is 596 g/mol. The Morgan fingerprint density at radius 1 is 0.909 bits per heavy atom. The van der Waals surface area contributed by atoms with Crippen LogP contribution in [0.5, 0.6) is 5.75 Å². The van der Waals surface area contributed by atoms with Crippen molar-refractivity contribution in [2.24, 2.45) is 5.73 Å². The average molecular weight is 597 g/mol. The molecule has 3 aromatic carbocycles. The molecule has 0 fully saturated rings. The summed E-state index contributed by atoms with van der Waals surface area (Å²) in [6.45, 7) is 5.99. The highest BCUT2D eigenvalue weighted by Crippen LogP contribution is 2.20. The van der Waals surface area contributed by atoms with Crippen molar-refractivity contribution < 1.29 is 19.1 Å². The summed E-state index contributed by atoms with van der Waals surface area (Å²) in [5.41, 5.74) is 9.43. The molecule has 5 aromatic rings. The van der Waals surface area contributed by atoms with E-state index in [4.69, 9.17) is 15.2 Å². The van der Waals surface area contributed by atoms with Gasteiger partial charge in [0.1, 0.15) is 18.2 Å². The van der Waals surface area contributed by atoms with Gasteiger partial charge in [-0.3, -0.25) is 9.59 Å². The molecular formula is C34H40N6O4. The second kappa shape index (κ2) is 15.0. The van der Waals surface area contributed by atoms with Gasteiger partial charge in [-0.25, -0.2) is 0 Å². The highest BCUT2D eigenvalue weighted by atomic mass is 16.5. The van der Waals surface area contributed by atoms with Crippen LogP contribution in [0.15, 0.2) is 85.1 Å². The number of nitrogens with one attached hydrogen (secondary N) is 2. The zero-order chi connectivity index (χ0) is 31.5. The topological polar surface area (TPSA) is 137 Å². The van der Waals surface area contributed by atoms with E-state index >= 15 is 0 Å². The van der Waals surface area contributed by atoms with Crippen LogP contribution in [0.1, 0.15) is 49.1 Å². The fourth-order valence-electron chi connectivity index (χ4n) is 4.52. The molecule has 44 heavy (non-hydrogen) atoms. The summed E-state index contributed by atoms with van der Waals surface area (Å²) in [5, 5.41) is 12.9. The number of hydrogen-bond acceptors (Lipinski definition) is 7. The first-order chi connectivity index (χ1) is 21.1. The minimum Gasteiger partial charge on any atom is -0.497 e. The first-order valence-corrected chi connectivity index (χ1v) is 14.5. The summed E-state index contributed by atoms with van der Waals surface area (Å²) >= 11 is 0. The van der Waals surface area contributed by atoms with Crippen LogP contribution in [0, 0.1) is 0 Å². The lowest BCUT2D eigenvalue weighted by atomic mass is 10.1. The van der Waals surface area contributed by atoms with Crippen LogP contribution < -0.4 is 15.8 Å². The third-order valence-corrected chi connectivity index (χ3v) is 6.97. The van der Waals surface area contributed by atoms with Gasteiger partial charge < -0.3 is 30.1 Å². The van der Waals surface area contributed by atoms with Gasteiger partial charge in [0.25, 0.3) is 0 Å². The number of aromatic amines is 1. The molecule has 10 heteroatoms. The minimum absolute atomic E-state index is 0.234. The fraction of sp³-hybridized carbons (Fsp3) is 0.294. The van der Waals surface area contributed by atoms with E-state index in [0.29, 0.717) is 19.0 Å². The molecule has 5 rings (SSSR count). The number of methoxy groups -OCH3 is 1. The number of aryl methyl sites for hydroxylation is 2. The van der Waals surface area contributed by atoms with Crippen molar-refractivity contribution in [3.8, 4) is 5.75 Å². The fourth-order valence-corrected chi connectivity index (χ4v) is 4.52. The van der Waals surface area contributed by atoms with Crippen LogP contribution in [0.3, 0.4) is 0 Å². The molecule has 1 amide bonds. The lowest BCUT2D eigenvalue weighted by molar-refractivity contribution is -0.142. The second-order valence-electron chi connectivity index (χ2n) is 11.0. The van der Waals surface area contributed by atoms with E-state index in [1.54, 1.807) is 21.0 Å². The summed E-state index contributed by atoms with van der Waals surface area (Å²) in [6.07, 6.45) is 3.60. The predicted octanol–water partition coefficient (Wildman–Crippen LogP) is 4.70. The summed E-state index contributed by atoms with van der Waals surface area (Å²) in [4.78, 5) is 26.0. The number of amides is 1. The number of nitrogens with zero attached hydrogens (tertiary/aromatic N) is 3. The van der Waals surface area contributed by atoms with Crippen LogP contribution in [-0.4, -0.2) is 44.3 Å². The van der Waals surface area contributed by atoms with Gasteiger partial charge in [-0.1, -0.05) is 60.7 Å². The molecule has 0 bridgehead atoms. The van der Waals surface area contributed by atoms with Crippen molar-refractivity contribution in [2.45, 2.75) is 58.8 Å². The van der Waals surface area contributed by atoms with Crippen molar-refractivity contribution in [1.82, 2.24) is 25.1 Å². The van der Waals surface area contributed by atoms with Crippen LogP contribution in [0.2, 0.25) is 0 Å². The van der Waals surface area contributed by atoms with Crippen LogP contribution in [0.4, 0.5) is 0 Å². The molecule has 0 radical (unpaired) electrons. The Bertz CT molecular complexity index is 1650. The number of carbonyl (C=O) groups is 2. The molecule has 10 nitrogen and oxygen atoms in total. The van der Waals surface area contributed by atoms with E-state index < -0.39 is 5.54 Å². The third kappa shape index (κ3) is 9.02. The van der Waals surface area contributed by atoms with Crippen LogP contribution in [0.25, 0.3) is 10.9 Å². The molecule has 0 aliphatic carbocycles. The zero-order valence-corrected chi connectivity index (χ0v) is 25.7. The summed E-state index contributed by atoms with van der Waals surface area (Å²) in [5.74, 6) is 1.89. The molecular weight excluding hydrogens is 556 g/mol. The van der Waals surface area contributed by atoms with Crippen LogP contribution >= 0.6 is 0 Å². The first kappa shape index (κ1) is 32.0. The number of H-pyrrole nitrogens is 1. The van der Waals surface area contributed by atoms with Crippen LogP contribution in [-0.2, 0) is 46.9 Å². The SMILES string of the molecule is CC(=O)OCc1ccccc1.COc1ccc(Cn2c(CCc3c[nH]c4ccccc34)nnc2CNC(=O)C(C)(C)N)cc1. The number of benzene rings is 3. The summed E-state index contributed by atoms with van der Waals surface area (Å²) in [6, 6.07) is 25.8. The number of esters is 1. The van der Waals surface area contributed by atoms with Gasteiger partial charge in [-0.05, 0) is 55.2 Å². The third-order valence-electron chi connectivity index (χ3n) is 6.97. The maximum Gasteiger partial charge on any atom is 0.302 e. The molecule has 0 saturated heterocycles. The summed E-state index contributed by atoms with van der Waals surface area (Å²) < 4.78 is 12.1. The van der Waals surface area contributed by atoms with E-state index in [-0.39, 0.29) is 18.4 Å². The zero-order valence-electron chi connectivity index (χ0n) is 25.7. The van der Waals surface area contributed by atoms with Gasteiger partial charge in [-0.2, -0.15) is 0 Å². The number of carbonyl (C=O) groups excluding carboxylic acids is 2. The standard InChI is InChI=1S/C25H30N6O2.C9H10O2/c1-25(2,26)24(32)28-15-23-30-29-22(31(23)16-17-8-11-19(33-3)12-9-17)13-10-18-14-27-21-7-5-4-6-20(18)21;1-8(10)11-7-9-5-3-2-4-6-9/h4-9,11-12,14,27H,10,13,15-16,26H2,1-3H3,(H,28,32);2-6H,7H2,1H3.